The number of nitrogens with one attached hydrogen (secondary N) is 2. The molecule has 9 nitrogen and oxygen atoms in total. The lowest BCUT2D eigenvalue weighted by Crippen LogP contribution is -2.34. The van der Waals surface area contributed by atoms with Gasteiger partial charge in [0.1, 0.15) is 6.10 Å². The summed E-state index contributed by atoms with van der Waals surface area (Å²) >= 11 is 0. The summed E-state index contributed by atoms with van der Waals surface area (Å²) in [5, 5.41) is 27.5. The number of rotatable bonds is 10. The van der Waals surface area contributed by atoms with Crippen molar-refractivity contribution in [3.63, 3.8) is 0 Å². The van der Waals surface area contributed by atoms with Crippen LogP contribution < -0.4 is 10.1 Å². The molecule has 1 aliphatic rings. The number of carbonyl (C=O) groups is 1. The average Bonchev–Trinajstić information content (AvgIpc) is 3.37. The number of ether oxygens (including phenoxy) is 1. The summed E-state index contributed by atoms with van der Waals surface area (Å²) in [4.78, 5) is 16.7. The first kappa shape index (κ1) is 22.8. The van der Waals surface area contributed by atoms with Crippen molar-refractivity contribution >= 4 is 5.97 Å². The molecule has 3 heterocycles. The van der Waals surface area contributed by atoms with E-state index in [1.807, 2.05) is 43.3 Å². The van der Waals surface area contributed by atoms with Crippen LogP contribution in [0.4, 0.5) is 0 Å². The number of carboxylic acid groups (broad SMARTS) is 1. The van der Waals surface area contributed by atoms with Crippen LogP contribution in [0.25, 0.3) is 11.3 Å². The Morgan fingerprint density at radius 3 is 2.76 bits per heavy atom. The molecule has 3 N–H and O–H groups in total. The number of aromatic amines is 1. The van der Waals surface area contributed by atoms with Gasteiger partial charge in [-0.15, -0.1) is 10.2 Å². The zero-order valence-corrected chi connectivity index (χ0v) is 18.8. The molecule has 4 rings (SSSR count). The van der Waals surface area contributed by atoms with Crippen molar-refractivity contribution in [2.75, 3.05) is 13.1 Å². The Morgan fingerprint density at radius 2 is 2.03 bits per heavy atom. The van der Waals surface area contributed by atoms with Gasteiger partial charge < -0.3 is 15.2 Å². The van der Waals surface area contributed by atoms with Crippen LogP contribution >= 0.6 is 0 Å². The van der Waals surface area contributed by atoms with Gasteiger partial charge in [-0.05, 0) is 56.5 Å². The molecule has 0 spiro atoms. The van der Waals surface area contributed by atoms with E-state index in [1.54, 1.807) is 0 Å². The number of aliphatic carboxylic acids is 1. The van der Waals surface area contributed by atoms with Gasteiger partial charge in [0.05, 0.1) is 11.6 Å². The molecule has 0 unspecified atom stereocenters. The lowest BCUT2D eigenvalue weighted by Gasteiger charge is -2.23. The zero-order chi connectivity index (χ0) is 23.0. The smallest absolute Gasteiger partial charge is 0.307 e. The van der Waals surface area contributed by atoms with Crippen molar-refractivity contribution in [3.8, 4) is 17.1 Å². The zero-order valence-electron chi connectivity index (χ0n) is 18.8. The lowest BCUT2D eigenvalue weighted by molar-refractivity contribution is -0.142. The van der Waals surface area contributed by atoms with Gasteiger partial charge in [0.15, 0.2) is 5.82 Å². The highest BCUT2D eigenvalue weighted by Crippen LogP contribution is 2.31. The van der Waals surface area contributed by atoms with E-state index in [9.17, 15) is 9.90 Å². The van der Waals surface area contributed by atoms with Gasteiger partial charge in [-0.3, -0.25) is 4.79 Å². The van der Waals surface area contributed by atoms with Crippen molar-refractivity contribution in [2.24, 2.45) is 5.92 Å². The topological polar surface area (TPSA) is 126 Å². The average molecular weight is 451 g/mol. The molecule has 3 aromatic rings. The molecule has 9 heteroatoms. The monoisotopic (exact) mass is 450 g/mol. The van der Waals surface area contributed by atoms with E-state index in [-0.39, 0.29) is 12.0 Å². The van der Waals surface area contributed by atoms with Gasteiger partial charge in [0.2, 0.25) is 5.88 Å². The summed E-state index contributed by atoms with van der Waals surface area (Å²) in [6.45, 7) is 3.90. The molecule has 0 saturated carbocycles. The third kappa shape index (κ3) is 5.92. The van der Waals surface area contributed by atoms with E-state index in [0.29, 0.717) is 24.5 Å². The van der Waals surface area contributed by atoms with Crippen molar-refractivity contribution in [2.45, 2.75) is 51.0 Å². The predicted molar refractivity (Wildman–Crippen MR) is 123 cm³/mol. The Morgan fingerprint density at radius 1 is 1.21 bits per heavy atom. The molecule has 0 amide bonds. The molecule has 2 atom stereocenters. The number of benzene rings is 1. The van der Waals surface area contributed by atoms with Crippen molar-refractivity contribution in [3.05, 3.63) is 53.9 Å². The first-order valence-corrected chi connectivity index (χ1v) is 11.5. The molecule has 33 heavy (non-hydrogen) atoms. The Labute approximate surface area is 193 Å². The van der Waals surface area contributed by atoms with Crippen LogP contribution in [0.3, 0.4) is 0 Å². The van der Waals surface area contributed by atoms with Gasteiger partial charge in [0, 0.05) is 17.5 Å². The number of hydrogen-bond acceptors (Lipinski definition) is 7. The summed E-state index contributed by atoms with van der Waals surface area (Å²) in [5.74, 6) is -0.748. The van der Waals surface area contributed by atoms with Crippen LogP contribution in [0.1, 0.15) is 49.9 Å². The van der Waals surface area contributed by atoms with Crippen molar-refractivity contribution in [1.82, 2.24) is 30.9 Å². The first-order chi connectivity index (χ1) is 16.1. The van der Waals surface area contributed by atoms with E-state index in [0.717, 1.165) is 49.2 Å². The second kappa shape index (κ2) is 11.0. The largest absolute Gasteiger partial charge is 0.481 e. The number of H-pyrrole nitrogens is 1. The summed E-state index contributed by atoms with van der Waals surface area (Å²) < 4.78 is 6.10. The maximum atomic E-state index is 12.0. The molecule has 0 aliphatic carbocycles. The second-order valence-corrected chi connectivity index (χ2v) is 8.44. The lowest BCUT2D eigenvalue weighted by atomic mass is 9.83. The molecule has 0 radical (unpaired) electrons. The minimum atomic E-state index is -0.841. The number of nitrogens with zero attached hydrogens (tertiary/aromatic N) is 4. The summed E-state index contributed by atoms with van der Waals surface area (Å²) in [6.07, 6.45) is 3.94. The normalized spacial score (nSPS) is 16.3. The fourth-order valence-electron chi connectivity index (χ4n) is 4.38. The number of aromatic nitrogens is 5. The third-order valence-corrected chi connectivity index (χ3v) is 6.07. The molecule has 1 saturated heterocycles. The fourth-order valence-corrected chi connectivity index (χ4v) is 4.38. The van der Waals surface area contributed by atoms with Crippen molar-refractivity contribution in [1.29, 1.82) is 0 Å². The van der Waals surface area contributed by atoms with Crippen molar-refractivity contribution < 1.29 is 14.6 Å². The SMILES string of the molecule is CCC[C@H](C(=O)O)[C@H](Cc1cccc(-c2cccc(OC3CCNCC3)n2)c1)c1nn[nH]n1. The van der Waals surface area contributed by atoms with Gasteiger partial charge in [-0.2, -0.15) is 5.21 Å². The van der Waals surface area contributed by atoms with E-state index in [1.165, 1.54) is 0 Å². The number of pyridine rings is 1. The Bertz CT molecular complexity index is 1040. The van der Waals surface area contributed by atoms with E-state index < -0.39 is 11.9 Å². The second-order valence-electron chi connectivity index (χ2n) is 8.44. The van der Waals surface area contributed by atoms with E-state index in [4.69, 9.17) is 9.72 Å². The maximum absolute atomic E-state index is 12.0. The maximum Gasteiger partial charge on any atom is 0.307 e. The molecular formula is C24H30N6O3. The third-order valence-electron chi connectivity index (χ3n) is 6.07. The van der Waals surface area contributed by atoms with Crippen LogP contribution in [0.15, 0.2) is 42.5 Å². The number of hydrogen-bond donors (Lipinski definition) is 3. The van der Waals surface area contributed by atoms with Crippen LogP contribution in [-0.2, 0) is 11.2 Å². The Kier molecular flexibility index (Phi) is 7.62. The van der Waals surface area contributed by atoms with E-state index >= 15 is 0 Å². The molecule has 1 fully saturated rings. The molecule has 0 bridgehead atoms. The number of tetrazole rings is 1. The quantitative estimate of drug-likeness (QED) is 0.430. The van der Waals surface area contributed by atoms with Gasteiger partial charge in [-0.25, -0.2) is 4.98 Å². The molecule has 1 aromatic carbocycles. The Balaban J connectivity index is 1.55. The van der Waals surface area contributed by atoms with Gasteiger partial charge >= 0.3 is 5.97 Å². The minimum absolute atomic E-state index is 0.183. The number of piperidine rings is 1. The van der Waals surface area contributed by atoms with Crippen LogP contribution in [-0.4, -0.2) is 55.9 Å². The summed E-state index contributed by atoms with van der Waals surface area (Å²) in [6, 6.07) is 13.8. The van der Waals surface area contributed by atoms with E-state index in [2.05, 4.69) is 32.0 Å². The first-order valence-electron chi connectivity index (χ1n) is 11.5. The van der Waals surface area contributed by atoms with Gasteiger partial charge in [0.25, 0.3) is 0 Å². The molecule has 1 aliphatic heterocycles. The van der Waals surface area contributed by atoms with Crippen LogP contribution in [0, 0.1) is 5.92 Å². The molecular weight excluding hydrogens is 420 g/mol. The van der Waals surface area contributed by atoms with Crippen LogP contribution in [0.2, 0.25) is 0 Å². The fraction of sp³-hybridized carbons (Fsp3) is 0.458. The highest BCUT2D eigenvalue weighted by atomic mass is 16.5. The molecule has 2 aromatic heterocycles. The minimum Gasteiger partial charge on any atom is -0.481 e. The summed E-state index contributed by atoms with van der Waals surface area (Å²) in [7, 11) is 0. The van der Waals surface area contributed by atoms with Crippen LogP contribution in [0.5, 0.6) is 5.88 Å². The summed E-state index contributed by atoms with van der Waals surface area (Å²) in [5.41, 5.74) is 2.77. The van der Waals surface area contributed by atoms with Gasteiger partial charge in [-0.1, -0.05) is 42.8 Å². The predicted octanol–water partition coefficient (Wildman–Crippen LogP) is 3.22. The highest BCUT2D eigenvalue weighted by molar-refractivity contribution is 5.71. The standard InChI is InChI=1S/C24H30N6O3/c1-2-5-19(24(31)32)20(23-27-29-30-28-23)15-16-6-3-7-17(14-16)21-8-4-9-22(26-21)33-18-10-12-25-13-11-18/h3-4,6-9,14,18-20,25H,2,5,10-13,15H2,1H3,(H,31,32)(H,27,28,29,30)/t19-,20-/m0/s1. The Hall–Kier alpha value is -3.33. The highest BCUT2D eigenvalue weighted by Gasteiger charge is 2.32. The molecule has 174 valence electrons. The number of carboxylic acids is 1.